The predicted molar refractivity (Wildman–Crippen MR) is 163 cm³/mol. The van der Waals surface area contributed by atoms with Crippen LogP contribution in [0.2, 0.25) is 20.1 Å². The van der Waals surface area contributed by atoms with Crippen LogP contribution in [0.5, 0.6) is 0 Å². The van der Waals surface area contributed by atoms with Gasteiger partial charge in [0, 0.05) is 10.0 Å². The summed E-state index contributed by atoms with van der Waals surface area (Å²) in [5, 5.41) is 0.842. The minimum absolute atomic E-state index is 0.000990. The second kappa shape index (κ2) is 22.1. The first-order valence-electron chi connectivity index (χ1n) is 13.8. The molecule has 0 amide bonds. The first kappa shape index (κ1) is 37.5. The summed E-state index contributed by atoms with van der Waals surface area (Å²) in [5.41, 5.74) is 0.00198. The van der Waals surface area contributed by atoms with E-state index in [2.05, 4.69) is 33.4 Å². The largest absolute Gasteiger partial charge is 0.387 e. The van der Waals surface area contributed by atoms with Crippen LogP contribution in [0.15, 0.2) is 36.4 Å². The number of benzene rings is 2. The van der Waals surface area contributed by atoms with Crippen LogP contribution in [0, 0.1) is 0 Å². The summed E-state index contributed by atoms with van der Waals surface area (Å²) in [6, 6.07) is 8.30. The van der Waals surface area contributed by atoms with Crippen LogP contribution in [0.1, 0.15) is 112 Å². The van der Waals surface area contributed by atoms with Crippen LogP contribution in [0.25, 0.3) is 0 Å². The van der Waals surface area contributed by atoms with Gasteiger partial charge in [-0.2, -0.15) is 0 Å². The number of hydrogen-bond donors (Lipinski definition) is 0. The molecule has 0 fully saturated rings. The van der Waals surface area contributed by atoms with Gasteiger partial charge in [0.1, 0.15) is 0 Å². The van der Waals surface area contributed by atoms with E-state index in [-0.39, 0.29) is 21.2 Å². The molecule has 2 rings (SSSR count). The van der Waals surface area contributed by atoms with Crippen molar-refractivity contribution in [3.63, 3.8) is 0 Å². The smallest absolute Gasteiger partial charge is 0.247 e. The predicted octanol–water partition coefficient (Wildman–Crippen LogP) is 9.94. The Hall–Kier alpha value is -2.52. The highest BCUT2D eigenvalue weighted by Crippen LogP contribution is 2.24. The van der Waals surface area contributed by atoms with Gasteiger partial charge in [0.2, 0.25) is 0 Å². The molecule has 0 aliphatic carbocycles. The summed E-state index contributed by atoms with van der Waals surface area (Å²) in [4.78, 5) is 64.0. The number of unbranched alkanes of at least 4 members (excludes halogenated alkanes) is 8. The standard InChI is InChI=1S/C16H30O4.C14H6Cl4O4/c1-3-5-7-9-11-13-15(17)19-20-16(18)14-12-10-8-6-4-2;15-7-1-3-9(11(17)5-7)13(19)21-22-14(20)10-4-2-8(16)6-12(10)18/h3-14H2,1-2H3;1-6H. The van der Waals surface area contributed by atoms with Crippen LogP contribution in [-0.4, -0.2) is 23.9 Å². The van der Waals surface area contributed by atoms with Gasteiger partial charge in [-0.3, -0.25) is 0 Å². The maximum absolute atomic E-state index is 11.8. The maximum atomic E-state index is 11.8. The van der Waals surface area contributed by atoms with Crippen molar-refractivity contribution in [2.75, 3.05) is 0 Å². The zero-order valence-electron chi connectivity index (χ0n) is 23.7. The SMILES string of the molecule is CCCCCCCC(=O)OOC(=O)CCCCCCC.O=C(OOC(=O)c1ccc(Cl)cc1Cl)c1ccc(Cl)cc1Cl. The summed E-state index contributed by atoms with van der Waals surface area (Å²) in [6.45, 7) is 4.30. The molecule has 0 saturated carbocycles. The molecular formula is C30H36Cl4O8. The molecular weight excluding hydrogens is 630 g/mol. The molecule has 8 nitrogen and oxygen atoms in total. The number of carbonyl (C=O) groups is 4. The Morgan fingerprint density at radius 3 is 1.21 bits per heavy atom. The van der Waals surface area contributed by atoms with E-state index in [0.717, 1.165) is 38.5 Å². The third-order valence-corrected chi connectivity index (χ3v) is 6.79. The van der Waals surface area contributed by atoms with Crippen molar-refractivity contribution in [2.24, 2.45) is 0 Å². The molecule has 0 aliphatic rings. The zero-order chi connectivity index (χ0) is 31.3. The second-order valence-corrected chi connectivity index (χ2v) is 10.9. The van der Waals surface area contributed by atoms with Crippen molar-refractivity contribution < 1.29 is 38.7 Å². The number of hydrogen-bond acceptors (Lipinski definition) is 8. The Balaban J connectivity index is 0.000000423. The van der Waals surface area contributed by atoms with Crippen molar-refractivity contribution in [1.82, 2.24) is 0 Å². The number of halogens is 4. The van der Waals surface area contributed by atoms with Gasteiger partial charge < -0.3 is 0 Å². The minimum Gasteiger partial charge on any atom is -0.247 e. The Labute approximate surface area is 266 Å². The summed E-state index contributed by atoms with van der Waals surface area (Å²) in [7, 11) is 0. The van der Waals surface area contributed by atoms with E-state index in [9.17, 15) is 19.2 Å². The number of carbonyl (C=O) groups excluding carboxylic acids is 4. The van der Waals surface area contributed by atoms with E-state index >= 15 is 0 Å². The van der Waals surface area contributed by atoms with Crippen molar-refractivity contribution in [1.29, 1.82) is 0 Å². The molecule has 2 aromatic carbocycles. The molecule has 0 radical (unpaired) electrons. The monoisotopic (exact) mass is 664 g/mol. The zero-order valence-corrected chi connectivity index (χ0v) is 26.8. The molecule has 0 bridgehead atoms. The van der Waals surface area contributed by atoms with Crippen LogP contribution >= 0.6 is 46.4 Å². The fraction of sp³-hybridized carbons (Fsp3) is 0.467. The quantitative estimate of drug-likeness (QED) is 0.111. The Kier molecular flexibility index (Phi) is 19.7. The molecule has 0 heterocycles. The summed E-state index contributed by atoms with van der Waals surface area (Å²) in [5.74, 6) is -2.78. The number of rotatable bonds is 14. The normalized spacial score (nSPS) is 10.2. The van der Waals surface area contributed by atoms with Crippen molar-refractivity contribution in [2.45, 2.75) is 90.9 Å². The first-order chi connectivity index (χ1) is 20.1. The minimum atomic E-state index is -0.944. The molecule has 0 spiro atoms. The Bertz CT molecular complexity index is 1070. The summed E-state index contributed by atoms with van der Waals surface area (Å²) < 4.78 is 0. The molecule has 42 heavy (non-hydrogen) atoms. The van der Waals surface area contributed by atoms with Gasteiger partial charge in [-0.1, -0.05) is 112 Å². The fourth-order valence-electron chi connectivity index (χ4n) is 3.40. The molecule has 0 aromatic heterocycles. The molecule has 0 aliphatic heterocycles. The van der Waals surface area contributed by atoms with Crippen LogP contribution < -0.4 is 0 Å². The highest BCUT2D eigenvalue weighted by Gasteiger charge is 2.19. The van der Waals surface area contributed by atoms with Gasteiger partial charge in [0.15, 0.2) is 0 Å². The van der Waals surface area contributed by atoms with Crippen LogP contribution in [0.4, 0.5) is 0 Å². The van der Waals surface area contributed by atoms with Gasteiger partial charge in [0.25, 0.3) is 0 Å². The Morgan fingerprint density at radius 1 is 0.524 bits per heavy atom. The first-order valence-corrected chi connectivity index (χ1v) is 15.3. The van der Waals surface area contributed by atoms with Gasteiger partial charge in [-0.25, -0.2) is 38.7 Å². The lowest BCUT2D eigenvalue weighted by molar-refractivity contribution is -0.259. The van der Waals surface area contributed by atoms with Crippen molar-refractivity contribution in [3.05, 3.63) is 67.6 Å². The fourth-order valence-corrected chi connectivity index (χ4v) is 4.37. The van der Waals surface area contributed by atoms with E-state index in [0.29, 0.717) is 22.9 Å². The maximum Gasteiger partial charge on any atom is 0.387 e. The third kappa shape index (κ3) is 16.2. The van der Waals surface area contributed by atoms with E-state index in [1.165, 1.54) is 62.1 Å². The molecule has 0 saturated heterocycles. The average molecular weight is 666 g/mol. The molecule has 12 heteroatoms. The van der Waals surface area contributed by atoms with Crippen LogP contribution in [-0.2, 0) is 29.1 Å². The van der Waals surface area contributed by atoms with Gasteiger partial charge in [-0.15, -0.1) is 0 Å². The molecule has 0 unspecified atom stereocenters. The average Bonchev–Trinajstić information content (AvgIpc) is 2.94. The molecule has 232 valence electrons. The van der Waals surface area contributed by atoms with E-state index in [4.69, 9.17) is 46.4 Å². The highest BCUT2D eigenvalue weighted by atomic mass is 35.5. The van der Waals surface area contributed by atoms with Gasteiger partial charge >= 0.3 is 23.9 Å². The van der Waals surface area contributed by atoms with E-state index in [1.807, 2.05) is 0 Å². The van der Waals surface area contributed by atoms with Gasteiger partial charge in [0.05, 0.1) is 34.0 Å². The molecule has 0 N–H and O–H groups in total. The van der Waals surface area contributed by atoms with Crippen LogP contribution in [0.3, 0.4) is 0 Å². The van der Waals surface area contributed by atoms with Crippen molar-refractivity contribution in [3.8, 4) is 0 Å². The van der Waals surface area contributed by atoms with Gasteiger partial charge in [-0.05, 0) is 49.2 Å². The van der Waals surface area contributed by atoms with E-state index < -0.39 is 23.9 Å². The highest BCUT2D eigenvalue weighted by molar-refractivity contribution is 6.37. The lowest BCUT2D eigenvalue weighted by Gasteiger charge is -2.06. The lowest BCUT2D eigenvalue weighted by atomic mass is 10.1. The molecule has 0 atom stereocenters. The summed E-state index contributed by atoms with van der Waals surface area (Å²) >= 11 is 23.1. The topological polar surface area (TPSA) is 105 Å². The lowest BCUT2D eigenvalue weighted by Crippen LogP contribution is -2.12. The van der Waals surface area contributed by atoms with E-state index in [1.54, 1.807) is 0 Å². The Morgan fingerprint density at radius 2 is 0.881 bits per heavy atom. The summed E-state index contributed by atoms with van der Waals surface area (Å²) in [6.07, 6.45) is 11.3. The second-order valence-electron chi connectivity index (χ2n) is 9.23. The van der Waals surface area contributed by atoms with Crippen molar-refractivity contribution >= 4 is 70.3 Å². The molecule has 2 aromatic rings. The third-order valence-electron chi connectivity index (χ3n) is 5.69.